The molecular weight excluding hydrogens is 188 g/mol. The Bertz CT molecular complexity index is 312. The number of ether oxygens (including phenoxy) is 1. The predicted molar refractivity (Wildman–Crippen MR) is 57.2 cm³/mol. The first-order valence-corrected chi connectivity index (χ1v) is 6.29. The monoisotopic (exact) mass is 208 g/mol. The molecule has 2 heteroatoms. The highest BCUT2D eigenvalue weighted by Gasteiger charge is 2.77. The summed E-state index contributed by atoms with van der Waals surface area (Å²) in [5.74, 6) is 1.75. The average Bonchev–Trinajstić information content (AvgIpc) is 2.65. The molecule has 3 fully saturated rings. The summed E-state index contributed by atoms with van der Waals surface area (Å²) in [7, 11) is 0. The van der Waals surface area contributed by atoms with E-state index in [1.807, 2.05) is 6.92 Å². The molecule has 0 aromatic carbocycles. The summed E-state index contributed by atoms with van der Waals surface area (Å²) in [6.07, 6.45) is 6.15. The zero-order chi connectivity index (χ0) is 10.7. The van der Waals surface area contributed by atoms with Crippen LogP contribution >= 0.6 is 0 Å². The molecule has 0 aliphatic heterocycles. The average molecular weight is 208 g/mol. The lowest BCUT2D eigenvalue weighted by Gasteiger charge is -2.28. The summed E-state index contributed by atoms with van der Waals surface area (Å²) in [6.45, 7) is 4.79. The van der Waals surface area contributed by atoms with Gasteiger partial charge in [0, 0.05) is 0 Å². The van der Waals surface area contributed by atoms with Crippen molar-refractivity contribution in [2.24, 2.45) is 22.7 Å². The Balaban J connectivity index is 1.84. The van der Waals surface area contributed by atoms with Crippen LogP contribution < -0.4 is 0 Å². The zero-order valence-corrected chi connectivity index (χ0v) is 9.71. The van der Waals surface area contributed by atoms with Gasteiger partial charge in [0.25, 0.3) is 0 Å². The molecule has 4 unspecified atom stereocenters. The number of carbonyl (C=O) groups excluding carboxylic acids is 1. The molecular formula is C13H20O2. The first-order valence-electron chi connectivity index (χ1n) is 6.29. The standard InChI is InChI=1S/C13H20O2/c1-3-15-11(14)13-7-10-4-9(2)5-12(13,6-10)8-13/h9-10H,3-8H2,1-2H3. The third kappa shape index (κ3) is 1.08. The largest absolute Gasteiger partial charge is 0.466 e. The number of carbonyl (C=O) groups is 1. The second-order valence-corrected chi connectivity index (χ2v) is 6.08. The third-order valence-corrected chi connectivity index (χ3v) is 4.99. The van der Waals surface area contributed by atoms with Crippen molar-refractivity contribution in [2.45, 2.75) is 46.0 Å². The topological polar surface area (TPSA) is 26.3 Å². The van der Waals surface area contributed by atoms with Gasteiger partial charge < -0.3 is 4.74 Å². The Labute approximate surface area is 91.4 Å². The van der Waals surface area contributed by atoms with E-state index >= 15 is 0 Å². The molecule has 84 valence electrons. The van der Waals surface area contributed by atoms with Crippen molar-refractivity contribution < 1.29 is 9.53 Å². The molecule has 0 amide bonds. The van der Waals surface area contributed by atoms with Gasteiger partial charge in [-0.1, -0.05) is 6.92 Å². The Hall–Kier alpha value is -0.530. The van der Waals surface area contributed by atoms with Crippen LogP contribution in [0.2, 0.25) is 0 Å². The van der Waals surface area contributed by atoms with E-state index in [-0.39, 0.29) is 11.4 Å². The fourth-order valence-corrected chi connectivity index (χ4v) is 4.69. The summed E-state index contributed by atoms with van der Waals surface area (Å²) in [6, 6.07) is 0. The van der Waals surface area contributed by atoms with Gasteiger partial charge in [-0.25, -0.2) is 0 Å². The maximum atomic E-state index is 12.0. The Kier molecular flexibility index (Phi) is 1.79. The minimum Gasteiger partial charge on any atom is -0.466 e. The molecule has 3 aliphatic rings. The molecule has 0 aromatic heterocycles. The highest BCUT2D eigenvalue weighted by Crippen LogP contribution is 2.80. The predicted octanol–water partition coefficient (Wildman–Crippen LogP) is 2.77. The number of esters is 1. The molecule has 3 rings (SSSR count). The number of fused-ring (bicyclic) bond motifs is 1. The first kappa shape index (κ1) is 9.68. The van der Waals surface area contributed by atoms with Gasteiger partial charge in [0.15, 0.2) is 0 Å². The Morgan fingerprint density at radius 1 is 1.40 bits per heavy atom. The second kappa shape index (κ2) is 2.78. The molecule has 15 heavy (non-hydrogen) atoms. The summed E-state index contributed by atoms with van der Waals surface area (Å²) >= 11 is 0. The van der Waals surface area contributed by atoms with Gasteiger partial charge in [-0.2, -0.15) is 0 Å². The fourth-order valence-electron chi connectivity index (χ4n) is 4.69. The quantitative estimate of drug-likeness (QED) is 0.652. The van der Waals surface area contributed by atoms with Gasteiger partial charge in [0.1, 0.15) is 0 Å². The minimum atomic E-state index is -0.0293. The number of rotatable bonds is 2. The molecule has 3 saturated carbocycles. The summed E-state index contributed by atoms with van der Waals surface area (Å²) in [5, 5.41) is 0. The lowest BCUT2D eigenvalue weighted by atomic mass is 9.77. The first-order chi connectivity index (χ1) is 7.12. The van der Waals surface area contributed by atoms with Crippen LogP contribution in [0.1, 0.15) is 46.0 Å². The highest BCUT2D eigenvalue weighted by atomic mass is 16.5. The lowest BCUT2D eigenvalue weighted by Crippen LogP contribution is -2.23. The molecule has 3 aliphatic carbocycles. The Morgan fingerprint density at radius 2 is 2.20 bits per heavy atom. The van der Waals surface area contributed by atoms with Crippen molar-refractivity contribution in [3.63, 3.8) is 0 Å². The van der Waals surface area contributed by atoms with Gasteiger partial charge in [0.05, 0.1) is 12.0 Å². The van der Waals surface area contributed by atoms with E-state index in [0.29, 0.717) is 12.0 Å². The van der Waals surface area contributed by atoms with Crippen LogP contribution in [0, 0.1) is 22.7 Å². The van der Waals surface area contributed by atoms with Gasteiger partial charge >= 0.3 is 5.97 Å². The molecule has 4 atom stereocenters. The van der Waals surface area contributed by atoms with Crippen molar-refractivity contribution in [3.8, 4) is 0 Å². The second-order valence-electron chi connectivity index (χ2n) is 6.08. The van der Waals surface area contributed by atoms with Crippen LogP contribution in [-0.4, -0.2) is 12.6 Å². The number of hydrogen-bond acceptors (Lipinski definition) is 2. The molecule has 0 N–H and O–H groups in total. The van der Waals surface area contributed by atoms with Crippen LogP contribution in [0.4, 0.5) is 0 Å². The molecule has 0 radical (unpaired) electrons. The fraction of sp³-hybridized carbons (Fsp3) is 0.923. The summed E-state index contributed by atoms with van der Waals surface area (Å²) in [5.41, 5.74) is 0.347. The highest BCUT2D eigenvalue weighted by molar-refractivity contribution is 5.83. The maximum absolute atomic E-state index is 12.0. The zero-order valence-electron chi connectivity index (χ0n) is 9.71. The van der Waals surface area contributed by atoms with Crippen LogP contribution in [-0.2, 0) is 9.53 Å². The van der Waals surface area contributed by atoms with E-state index in [9.17, 15) is 4.79 Å². The van der Waals surface area contributed by atoms with Crippen molar-refractivity contribution in [1.82, 2.24) is 0 Å². The SMILES string of the molecule is CCOC(=O)C12CC3CC(C)CC1(C3)C2. The van der Waals surface area contributed by atoms with Gasteiger partial charge in [-0.3, -0.25) is 4.79 Å². The molecule has 0 heterocycles. The molecule has 2 nitrogen and oxygen atoms in total. The van der Waals surface area contributed by atoms with Crippen molar-refractivity contribution in [2.75, 3.05) is 6.61 Å². The van der Waals surface area contributed by atoms with Gasteiger partial charge in [0.2, 0.25) is 0 Å². The van der Waals surface area contributed by atoms with E-state index in [1.165, 1.54) is 19.3 Å². The maximum Gasteiger partial charge on any atom is 0.312 e. The molecule has 1 spiro atoms. The van der Waals surface area contributed by atoms with Crippen molar-refractivity contribution in [1.29, 1.82) is 0 Å². The van der Waals surface area contributed by atoms with Gasteiger partial charge in [-0.15, -0.1) is 0 Å². The van der Waals surface area contributed by atoms with E-state index < -0.39 is 0 Å². The van der Waals surface area contributed by atoms with Crippen LogP contribution in [0.3, 0.4) is 0 Å². The van der Waals surface area contributed by atoms with E-state index in [1.54, 1.807) is 0 Å². The third-order valence-electron chi connectivity index (χ3n) is 4.99. The number of hydrogen-bond donors (Lipinski definition) is 0. The summed E-state index contributed by atoms with van der Waals surface area (Å²) < 4.78 is 5.27. The van der Waals surface area contributed by atoms with Crippen molar-refractivity contribution >= 4 is 5.97 Å². The van der Waals surface area contributed by atoms with Crippen LogP contribution in [0.15, 0.2) is 0 Å². The van der Waals surface area contributed by atoms with Gasteiger partial charge in [-0.05, 0) is 56.3 Å². The van der Waals surface area contributed by atoms with Crippen LogP contribution in [0.25, 0.3) is 0 Å². The van der Waals surface area contributed by atoms with E-state index in [0.717, 1.165) is 24.7 Å². The molecule has 2 bridgehead atoms. The summed E-state index contributed by atoms with van der Waals surface area (Å²) in [4.78, 5) is 12.0. The minimum absolute atomic E-state index is 0.0293. The normalized spacial score (nSPS) is 51.1. The van der Waals surface area contributed by atoms with Crippen LogP contribution in [0.5, 0.6) is 0 Å². The molecule has 0 aromatic rings. The van der Waals surface area contributed by atoms with Crippen molar-refractivity contribution in [3.05, 3.63) is 0 Å². The molecule has 0 saturated heterocycles. The smallest absolute Gasteiger partial charge is 0.312 e. The van der Waals surface area contributed by atoms with E-state index in [2.05, 4.69) is 6.92 Å². The Morgan fingerprint density at radius 3 is 2.93 bits per heavy atom. The lowest BCUT2D eigenvalue weighted by molar-refractivity contribution is -0.150. The van der Waals surface area contributed by atoms with E-state index in [4.69, 9.17) is 4.74 Å².